The molecule has 3 aliphatic rings. The van der Waals surface area contributed by atoms with Crippen LogP contribution in [-0.2, 0) is 11.2 Å². The van der Waals surface area contributed by atoms with Crippen molar-refractivity contribution in [2.75, 3.05) is 19.6 Å². The van der Waals surface area contributed by atoms with Crippen molar-refractivity contribution in [2.45, 2.75) is 48.3 Å². The van der Waals surface area contributed by atoms with Crippen molar-refractivity contribution in [3.63, 3.8) is 0 Å². The van der Waals surface area contributed by atoms with Gasteiger partial charge in [-0.15, -0.1) is 24.2 Å². The summed E-state index contributed by atoms with van der Waals surface area (Å²) in [6.45, 7) is 3.04. The van der Waals surface area contributed by atoms with E-state index in [2.05, 4.69) is 34.5 Å². The number of benzene rings is 1. The normalized spacial score (nSPS) is 24.2. The van der Waals surface area contributed by atoms with Crippen molar-refractivity contribution in [3.05, 3.63) is 29.8 Å². The smallest absolute Gasteiger partial charge is 0.236 e. The Morgan fingerprint density at radius 1 is 1.17 bits per heavy atom. The van der Waals surface area contributed by atoms with E-state index in [4.69, 9.17) is 0 Å². The summed E-state index contributed by atoms with van der Waals surface area (Å²) in [5.41, 5.74) is 1.34. The third-order valence-electron chi connectivity index (χ3n) is 5.12. The molecule has 1 N–H and O–H groups in total. The molecule has 1 aromatic carbocycles. The summed E-state index contributed by atoms with van der Waals surface area (Å²) in [7, 11) is 0. The van der Waals surface area contributed by atoms with Crippen LogP contribution in [0, 0.1) is 5.92 Å². The minimum atomic E-state index is 0. The molecule has 1 saturated heterocycles. The van der Waals surface area contributed by atoms with Gasteiger partial charge in [-0.3, -0.25) is 4.79 Å². The fraction of sp³-hybridized carbons (Fsp3) is 0.611. The summed E-state index contributed by atoms with van der Waals surface area (Å²) < 4.78 is 0. The maximum atomic E-state index is 12.7. The van der Waals surface area contributed by atoms with E-state index in [0.29, 0.717) is 11.9 Å². The number of fused-ring (bicyclic) bond motifs is 1. The van der Waals surface area contributed by atoms with Gasteiger partial charge in [-0.05, 0) is 56.2 Å². The van der Waals surface area contributed by atoms with Crippen LogP contribution in [-0.4, -0.2) is 41.7 Å². The van der Waals surface area contributed by atoms with Crippen LogP contribution in [0.15, 0.2) is 29.2 Å². The fourth-order valence-corrected chi connectivity index (χ4v) is 4.76. The van der Waals surface area contributed by atoms with Gasteiger partial charge in [-0.1, -0.05) is 18.2 Å². The van der Waals surface area contributed by atoms with Crippen LogP contribution >= 0.6 is 24.2 Å². The van der Waals surface area contributed by atoms with E-state index in [-0.39, 0.29) is 17.7 Å². The highest BCUT2D eigenvalue weighted by molar-refractivity contribution is 8.01. The number of nitrogens with zero attached hydrogens (tertiary/aromatic N) is 1. The van der Waals surface area contributed by atoms with E-state index in [1.807, 2.05) is 0 Å². The molecule has 0 bridgehead atoms. The van der Waals surface area contributed by atoms with Crippen molar-refractivity contribution >= 4 is 30.1 Å². The van der Waals surface area contributed by atoms with Gasteiger partial charge in [-0.25, -0.2) is 0 Å². The van der Waals surface area contributed by atoms with E-state index >= 15 is 0 Å². The Balaban J connectivity index is 0.00000156. The summed E-state index contributed by atoms with van der Waals surface area (Å²) in [6.07, 6.45) is 5.94. The Kier molecular flexibility index (Phi) is 5.55. The molecule has 2 heterocycles. The van der Waals surface area contributed by atoms with Gasteiger partial charge in [0.1, 0.15) is 0 Å². The highest BCUT2D eigenvalue weighted by Gasteiger charge is 2.33. The van der Waals surface area contributed by atoms with Crippen LogP contribution in [0.25, 0.3) is 0 Å². The van der Waals surface area contributed by atoms with Gasteiger partial charge in [0, 0.05) is 24.0 Å². The first-order valence-corrected chi connectivity index (χ1v) is 9.44. The highest BCUT2D eigenvalue weighted by Crippen LogP contribution is 2.38. The van der Waals surface area contributed by atoms with Crippen LogP contribution in [0.2, 0.25) is 0 Å². The lowest BCUT2D eigenvalue weighted by molar-refractivity contribution is -0.131. The Hall–Kier alpha value is -0.710. The molecule has 0 radical (unpaired) electrons. The summed E-state index contributed by atoms with van der Waals surface area (Å²) in [5, 5.41) is 3.79. The Morgan fingerprint density at radius 2 is 1.91 bits per heavy atom. The number of thioether (sulfide) groups is 1. The Morgan fingerprint density at radius 3 is 2.61 bits per heavy atom. The third-order valence-corrected chi connectivity index (χ3v) is 6.43. The van der Waals surface area contributed by atoms with Crippen molar-refractivity contribution in [1.82, 2.24) is 10.2 Å². The Bertz CT molecular complexity index is 531. The molecular formula is C18H25ClN2OS. The standard InChI is InChI=1S/C18H24N2OS.ClH/c21-18(17-11-14-3-1-2-4-16(14)22-17)20-9-7-15(8-10-20)19-12-13-5-6-13;/h1-4,13,15,17,19H,5-12H2;1H. The van der Waals surface area contributed by atoms with Gasteiger partial charge in [0.05, 0.1) is 5.25 Å². The fourth-order valence-electron chi connectivity index (χ4n) is 3.48. The van der Waals surface area contributed by atoms with Crippen LogP contribution in [0.3, 0.4) is 0 Å². The molecule has 2 fully saturated rings. The van der Waals surface area contributed by atoms with E-state index in [1.165, 1.54) is 29.8 Å². The van der Waals surface area contributed by atoms with Gasteiger partial charge in [-0.2, -0.15) is 0 Å². The van der Waals surface area contributed by atoms with E-state index in [9.17, 15) is 4.79 Å². The number of nitrogens with one attached hydrogen (secondary N) is 1. The minimum absolute atomic E-state index is 0. The second-order valence-electron chi connectivity index (χ2n) is 6.87. The number of rotatable bonds is 4. The number of piperidine rings is 1. The zero-order valence-corrected chi connectivity index (χ0v) is 15.0. The molecule has 1 saturated carbocycles. The molecule has 1 aliphatic carbocycles. The van der Waals surface area contributed by atoms with E-state index in [1.54, 1.807) is 11.8 Å². The molecule has 2 aliphatic heterocycles. The Labute approximate surface area is 149 Å². The first-order valence-electron chi connectivity index (χ1n) is 8.56. The van der Waals surface area contributed by atoms with Crippen LogP contribution in [0.4, 0.5) is 0 Å². The third kappa shape index (κ3) is 4.04. The van der Waals surface area contributed by atoms with E-state index in [0.717, 1.165) is 38.3 Å². The predicted octanol–water partition coefficient (Wildman–Crippen LogP) is 3.12. The quantitative estimate of drug-likeness (QED) is 0.903. The molecule has 0 aromatic heterocycles. The lowest BCUT2D eigenvalue weighted by Gasteiger charge is -2.33. The average molecular weight is 353 g/mol. The maximum absolute atomic E-state index is 12.7. The minimum Gasteiger partial charge on any atom is -0.342 e. The highest BCUT2D eigenvalue weighted by atomic mass is 35.5. The van der Waals surface area contributed by atoms with Crippen LogP contribution < -0.4 is 5.32 Å². The SMILES string of the molecule is Cl.O=C(C1Cc2ccccc2S1)N1CCC(NCC2CC2)CC1. The van der Waals surface area contributed by atoms with Gasteiger partial charge >= 0.3 is 0 Å². The molecule has 1 unspecified atom stereocenters. The summed E-state index contributed by atoms with van der Waals surface area (Å²) >= 11 is 1.75. The monoisotopic (exact) mass is 352 g/mol. The zero-order valence-electron chi connectivity index (χ0n) is 13.4. The molecule has 1 aromatic rings. The molecule has 0 spiro atoms. The molecule has 1 amide bonds. The summed E-state index contributed by atoms with van der Waals surface area (Å²) in [5.74, 6) is 1.29. The maximum Gasteiger partial charge on any atom is 0.236 e. The lowest BCUT2D eigenvalue weighted by atomic mass is 10.0. The molecule has 3 nitrogen and oxygen atoms in total. The largest absolute Gasteiger partial charge is 0.342 e. The lowest BCUT2D eigenvalue weighted by Crippen LogP contribution is -2.47. The van der Waals surface area contributed by atoms with Gasteiger partial charge in [0.15, 0.2) is 0 Å². The van der Waals surface area contributed by atoms with Crippen molar-refractivity contribution in [1.29, 1.82) is 0 Å². The number of hydrogen-bond acceptors (Lipinski definition) is 3. The number of carbonyl (C=O) groups is 1. The molecule has 126 valence electrons. The number of carbonyl (C=O) groups excluding carboxylic acids is 1. The zero-order chi connectivity index (χ0) is 14.9. The van der Waals surface area contributed by atoms with Gasteiger partial charge < -0.3 is 10.2 Å². The van der Waals surface area contributed by atoms with Gasteiger partial charge in [0.2, 0.25) is 5.91 Å². The topological polar surface area (TPSA) is 32.3 Å². The molecule has 5 heteroatoms. The second kappa shape index (κ2) is 7.45. The van der Waals surface area contributed by atoms with Crippen molar-refractivity contribution in [3.8, 4) is 0 Å². The summed E-state index contributed by atoms with van der Waals surface area (Å²) in [4.78, 5) is 16.1. The van der Waals surface area contributed by atoms with Crippen molar-refractivity contribution in [2.24, 2.45) is 5.92 Å². The van der Waals surface area contributed by atoms with Gasteiger partial charge in [0.25, 0.3) is 0 Å². The average Bonchev–Trinajstić information content (AvgIpc) is 3.29. The second-order valence-corrected chi connectivity index (χ2v) is 8.11. The number of halogens is 1. The molecule has 1 atom stereocenters. The first-order chi connectivity index (χ1) is 10.8. The van der Waals surface area contributed by atoms with Crippen molar-refractivity contribution < 1.29 is 4.79 Å². The van der Waals surface area contributed by atoms with E-state index < -0.39 is 0 Å². The predicted molar refractivity (Wildman–Crippen MR) is 97.4 cm³/mol. The summed E-state index contributed by atoms with van der Waals surface area (Å²) in [6, 6.07) is 9.06. The van der Waals surface area contributed by atoms with Crippen LogP contribution in [0.1, 0.15) is 31.2 Å². The molecule has 4 rings (SSSR count). The number of hydrogen-bond donors (Lipinski definition) is 1. The first kappa shape index (κ1) is 17.1. The number of likely N-dealkylation sites (tertiary alicyclic amines) is 1. The molecule has 23 heavy (non-hydrogen) atoms. The number of amides is 1. The van der Waals surface area contributed by atoms with Crippen LogP contribution in [0.5, 0.6) is 0 Å². The molecular weight excluding hydrogens is 328 g/mol.